The van der Waals surface area contributed by atoms with Crippen LogP contribution in [0.5, 0.6) is 0 Å². The highest BCUT2D eigenvalue weighted by Crippen LogP contribution is 2.23. The number of hydrogen-bond acceptors (Lipinski definition) is 2. The molecule has 122 valence electrons. The number of hydrogen-bond donors (Lipinski definition) is 2. The maximum atomic E-state index is 13.4. The lowest BCUT2D eigenvalue weighted by Crippen LogP contribution is -2.23. The molecular weight excluding hydrogens is 303 g/mol. The van der Waals surface area contributed by atoms with Gasteiger partial charge < -0.3 is 10.1 Å². The molecule has 0 spiro atoms. The molecule has 24 heavy (non-hydrogen) atoms. The molecule has 0 saturated carbocycles. The first-order valence-electron chi connectivity index (χ1n) is 7.79. The van der Waals surface area contributed by atoms with Crippen molar-refractivity contribution in [3.05, 3.63) is 70.7 Å². The first-order valence-corrected chi connectivity index (χ1v) is 7.79. The Hall–Kier alpha value is -2.88. The smallest absolute Gasteiger partial charge is 0.125 e. The average Bonchev–Trinajstić information content (AvgIpc) is 2.87. The molecule has 0 aliphatic rings. The van der Waals surface area contributed by atoms with Crippen LogP contribution in [0.3, 0.4) is 0 Å². The van der Waals surface area contributed by atoms with Crippen molar-refractivity contribution < 1.29 is 9.50 Å². The number of halogens is 1. The highest BCUT2D eigenvalue weighted by molar-refractivity contribution is 5.84. The summed E-state index contributed by atoms with van der Waals surface area (Å²) in [7, 11) is 0. The number of fused-ring (bicyclic) bond motifs is 1. The second-order valence-electron chi connectivity index (χ2n) is 6.04. The molecule has 0 saturated heterocycles. The van der Waals surface area contributed by atoms with Gasteiger partial charge in [0, 0.05) is 33.9 Å². The van der Waals surface area contributed by atoms with Gasteiger partial charge in [-0.25, -0.2) is 4.39 Å². The molecule has 0 unspecified atom stereocenters. The molecular formula is C20H19FN2O. The van der Waals surface area contributed by atoms with Crippen molar-refractivity contribution in [2.45, 2.75) is 13.8 Å². The van der Waals surface area contributed by atoms with Crippen LogP contribution in [0.15, 0.2) is 48.8 Å². The first kappa shape index (κ1) is 16.0. The number of aliphatic hydroxyl groups is 1. The first-order chi connectivity index (χ1) is 11.5. The van der Waals surface area contributed by atoms with Crippen LogP contribution in [-0.4, -0.2) is 15.1 Å². The standard InChI is InChI=1S/C20H19FN2O/c1-12(2)17(14-6-8-22-9-7-14)11-19(24)20-13(3)23-18-10-15(21)4-5-16(18)20/h4-12,23-24H,3H2,1-2H3/b17-11+,20-19-. The van der Waals surface area contributed by atoms with Crippen molar-refractivity contribution in [2.75, 3.05) is 0 Å². The fourth-order valence-electron chi connectivity index (χ4n) is 2.87. The van der Waals surface area contributed by atoms with Gasteiger partial charge in [-0.05, 0) is 53.5 Å². The van der Waals surface area contributed by atoms with Crippen LogP contribution in [0, 0.1) is 11.7 Å². The summed E-state index contributed by atoms with van der Waals surface area (Å²) in [5.74, 6) is -0.00572. The summed E-state index contributed by atoms with van der Waals surface area (Å²) in [4.78, 5) is 7.05. The van der Waals surface area contributed by atoms with Crippen LogP contribution < -0.4 is 10.6 Å². The topological polar surface area (TPSA) is 48.9 Å². The number of benzene rings is 1. The van der Waals surface area contributed by atoms with E-state index in [1.54, 1.807) is 24.5 Å². The Morgan fingerprint density at radius 3 is 2.62 bits per heavy atom. The van der Waals surface area contributed by atoms with Crippen molar-refractivity contribution in [2.24, 2.45) is 5.92 Å². The second kappa shape index (κ2) is 6.32. The number of aliphatic hydroxyl groups excluding tert-OH is 1. The van der Waals surface area contributed by atoms with E-state index in [1.165, 1.54) is 12.1 Å². The van der Waals surface area contributed by atoms with Crippen LogP contribution in [0.2, 0.25) is 0 Å². The third-order valence-corrected chi connectivity index (χ3v) is 4.02. The number of nitrogens with one attached hydrogen (secondary N) is 1. The van der Waals surface area contributed by atoms with Gasteiger partial charge >= 0.3 is 0 Å². The predicted molar refractivity (Wildman–Crippen MR) is 96.1 cm³/mol. The Morgan fingerprint density at radius 2 is 1.96 bits per heavy atom. The molecule has 3 nitrogen and oxygen atoms in total. The van der Waals surface area contributed by atoms with Gasteiger partial charge in [-0.2, -0.15) is 0 Å². The van der Waals surface area contributed by atoms with Gasteiger partial charge in [0.25, 0.3) is 0 Å². The van der Waals surface area contributed by atoms with E-state index < -0.39 is 0 Å². The Morgan fingerprint density at radius 1 is 1.25 bits per heavy atom. The number of allylic oxidation sites excluding steroid dienone is 1. The minimum Gasteiger partial charge on any atom is -0.507 e. The zero-order valence-corrected chi connectivity index (χ0v) is 13.7. The molecule has 4 heteroatoms. The SMILES string of the molecule is C=c1[nH]c2cc(F)ccc2/c1=C(O)/C=C(/c1ccncc1)C(C)C. The molecule has 3 rings (SSSR count). The van der Waals surface area contributed by atoms with Gasteiger partial charge in [0.05, 0.1) is 0 Å². The predicted octanol–water partition coefficient (Wildman–Crippen LogP) is 3.52. The van der Waals surface area contributed by atoms with Crippen LogP contribution in [-0.2, 0) is 0 Å². The van der Waals surface area contributed by atoms with Gasteiger partial charge in [0.2, 0.25) is 0 Å². The molecule has 0 fully saturated rings. The molecule has 0 bridgehead atoms. The van der Waals surface area contributed by atoms with Crippen molar-refractivity contribution in [3.63, 3.8) is 0 Å². The molecule has 0 aliphatic heterocycles. The molecule has 2 aromatic heterocycles. The molecule has 0 atom stereocenters. The third-order valence-electron chi connectivity index (χ3n) is 4.02. The van der Waals surface area contributed by atoms with E-state index in [-0.39, 0.29) is 17.5 Å². The molecule has 3 aromatic rings. The molecule has 2 N–H and O–H groups in total. The molecule has 0 aliphatic carbocycles. The highest BCUT2D eigenvalue weighted by Gasteiger charge is 2.09. The van der Waals surface area contributed by atoms with Crippen LogP contribution in [0.4, 0.5) is 4.39 Å². The fourth-order valence-corrected chi connectivity index (χ4v) is 2.87. The van der Waals surface area contributed by atoms with Crippen LogP contribution in [0.25, 0.3) is 28.8 Å². The molecule has 1 aromatic carbocycles. The number of aromatic amines is 1. The number of nitrogens with zero attached hydrogens (tertiary/aromatic N) is 1. The summed E-state index contributed by atoms with van der Waals surface area (Å²) < 4.78 is 13.4. The van der Waals surface area contributed by atoms with E-state index in [0.717, 1.165) is 16.5 Å². The zero-order valence-electron chi connectivity index (χ0n) is 13.7. The summed E-state index contributed by atoms with van der Waals surface area (Å²) in [5, 5.41) is 12.6. The Balaban J connectivity index is 2.27. The largest absolute Gasteiger partial charge is 0.507 e. The van der Waals surface area contributed by atoms with Gasteiger partial charge in [-0.3, -0.25) is 4.98 Å². The minimum absolute atomic E-state index is 0.110. The Bertz CT molecular complexity index is 1020. The number of rotatable bonds is 3. The summed E-state index contributed by atoms with van der Waals surface area (Å²) in [6.45, 7) is 8.06. The maximum absolute atomic E-state index is 13.4. The van der Waals surface area contributed by atoms with Gasteiger partial charge in [-0.15, -0.1) is 0 Å². The lowest BCUT2D eigenvalue weighted by Gasteiger charge is -2.11. The Kier molecular flexibility index (Phi) is 4.21. The van der Waals surface area contributed by atoms with E-state index in [0.29, 0.717) is 16.1 Å². The molecule has 2 heterocycles. The van der Waals surface area contributed by atoms with E-state index >= 15 is 0 Å². The second-order valence-corrected chi connectivity index (χ2v) is 6.04. The normalized spacial score (nSPS) is 13.6. The van der Waals surface area contributed by atoms with Crippen molar-refractivity contribution in [3.8, 4) is 0 Å². The monoisotopic (exact) mass is 322 g/mol. The van der Waals surface area contributed by atoms with Gasteiger partial charge in [-0.1, -0.05) is 20.4 Å². The summed E-state index contributed by atoms with van der Waals surface area (Å²) in [5.41, 5.74) is 2.61. The van der Waals surface area contributed by atoms with Crippen LogP contribution >= 0.6 is 0 Å². The third kappa shape index (κ3) is 2.95. The van der Waals surface area contributed by atoms with Crippen molar-refractivity contribution in [1.82, 2.24) is 9.97 Å². The van der Waals surface area contributed by atoms with E-state index in [9.17, 15) is 9.50 Å². The van der Waals surface area contributed by atoms with Crippen LogP contribution in [0.1, 0.15) is 19.4 Å². The molecule has 0 amide bonds. The van der Waals surface area contributed by atoms with Crippen molar-refractivity contribution >= 4 is 28.8 Å². The maximum Gasteiger partial charge on any atom is 0.125 e. The average molecular weight is 322 g/mol. The minimum atomic E-state index is -0.329. The fraction of sp³-hybridized carbons (Fsp3) is 0.150. The highest BCUT2D eigenvalue weighted by atomic mass is 19.1. The molecule has 0 radical (unpaired) electrons. The number of aromatic nitrogens is 2. The van der Waals surface area contributed by atoms with E-state index in [2.05, 4.69) is 30.4 Å². The number of H-pyrrole nitrogens is 1. The Labute approximate surface area is 139 Å². The van der Waals surface area contributed by atoms with Gasteiger partial charge in [0.15, 0.2) is 0 Å². The quantitative estimate of drug-likeness (QED) is 0.775. The summed E-state index contributed by atoms with van der Waals surface area (Å²) in [6, 6.07) is 8.25. The lowest BCUT2D eigenvalue weighted by atomic mass is 9.95. The summed E-state index contributed by atoms with van der Waals surface area (Å²) in [6.07, 6.45) is 5.20. The van der Waals surface area contributed by atoms with E-state index in [4.69, 9.17) is 0 Å². The van der Waals surface area contributed by atoms with E-state index in [1.807, 2.05) is 12.1 Å². The van der Waals surface area contributed by atoms with Crippen molar-refractivity contribution in [1.29, 1.82) is 0 Å². The zero-order chi connectivity index (χ0) is 17.3. The van der Waals surface area contributed by atoms with Gasteiger partial charge in [0.1, 0.15) is 11.6 Å². The summed E-state index contributed by atoms with van der Waals surface area (Å²) >= 11 is 0. The lowest BCUT2D eigenvalue weighted by molar-refractivity contribution is 0.511. The number of pyridine rings is 1.